The maximum absolute atomic E-state index is 13.6. The zero-order valence-electron chi connectivity index (χ0n) is 20.7. The molecule has 3 rings (SSSR count). The van der Waals surface area contributed by atoms with E-state index in [1.165, 1.54) is 18.4 Å². The summed E-state index contributed by atoms with van der Waals surface area (Å²) in [5, 5.41) is 11.7. The Labute approximate surface area is 204 Å². The van der Waals surface area contributed by atoms with Gasteiger partial charge in [0.05, 0.1) is 41.4 Å². The second kappa shape index (κ2) is 11.0. The summed E-state index contributed by atoms with van der Waals surface area (Å²) in [5.41, 5.74) is 1.33. The van der Waals surface area contributed by atoms with Gasteiger partial charge in [0.25, 0.3) is 5.91 Å². The van der Waals surface area contributed by atoms with E-state index in [0.717, 1.165) is 24.6 Å². The maximum atomic E-state index is 13.6. The molecule has 0 saturated carbocycles. The van der Waals surface area contributed by atoms with Crippen LogP contribution in [0, 0.1) is 13.8 Å². The topological polar surface area (TPSA) is 92.2 Å². The summed E-state index contributed by atoms with van der Waals surface area (Å²) in [7, 11) is 3.08. The first-order chi connectivity index (χ1) is 16.3. The molecule has 0 spiro atoms. The molecule has 0 fully saturated rings. The number of aryl methyl sites for hydroxylation is 2. The number of aromatic nitrogens is 1. The van der Waals surface area contributed by atoms with E-state index in [-0.39, 0.29) is 11.4 Å². The van der Waals surface area contributed by atoms with Crippen molar-refractivity contribution in [1.82, 2.24) is 14.8 Å². The van der Waals surface area contributed by atoms with Crippen molar-refractivity contribution < 1.29 is 24.2 Å². The van der Waals surface area contributed by atoms with Gasteiger partial charge in [0, 0.05) is 6.54 Å². The highest BCUT2D eigenvalue weighted by Gasteiger charge is 2.44. The number of thiazole rings is 1. The average molecular weight is 488 g/mol. The lowest BCUT2D eigenvalue weighted by Crippen LogP contribution is -2.34. The number of methoxy groups -OCH3 is 2. The van der Waals surface area contributed by atoms with E-state index in [4.69, 9.17) is 9.47 Å². The van der Waals surface area contributed by atoms with Gasteiger partial charge in [-0.3, -0.25) is 9.59 Å². The van der Waals surface area contributed by atoms with Gasteiger partial charge in [-0.1, -0.05) is 19.9 Å². The number of nitrogens with zero attached hydrogens (tertiary/aromatic N) is 3. The summed E-state index contributed by atoms with van der Waals surface area (Å²) in [6.45, 7) is 10.8. The van der Waals surface area contributed by atoms with Crippen molar-refractivity contribution in [3.63, 3.8) is 0 Å². The minimum absolute atomic E-state index is 0.0757. The smallest absolute Gasteiger partial charge is 0.290 e. The van der Waals surface area contributed by atoms with Crippen molar-refractivity contribution >= 4 is 23.0 Å². The first-order valence-corrected chi connectivity index (χ1v) is 12.3. The molecule has 1 amide bonds. The Bertz CT molecular complexity index is 1090. The molecule has 184 valence electrons. The number of ether oxygens (including phenoxy) is 2. The predicted octanol–water partition coefficient (Wildman–Crippen LogP) is 4.09. The van der Waals surface area contributed by atoms with Gasteiger partial charge in [-0.15, -0.1) is 11.3 Å². The molecule has 0 radical (unpaired) electrons. The number of Topliss-reactive ketones (excluding diaryl/α,β-unsaturated/α-hetero) is 1. The Hall–Kier alpha value is -2.91. The number of hydrogen-bond donors (Lipinski definition) is 1. The summed E-state index contributed by atoms with van der Waals surface area (Å²) in [4.78, 5) is 35.5. The van der Waals surface area contributed by atoms with Gasteiger partial charge in [-0.25, -0.2) is 4.98 Å². The van der Waals surface area contributed by atoms with E-state index < -0.39 is 17.7 Å². The molecule has 0 unspecified atom stereocenters. The van der Waals surface area contributed by atoms with Gasteiger partial charge in [0.1, 0.15) is 0 Å². The van der Waals surface area contributed by atoms with E-state index in [0.29, 0.717) is 40.6 Å². The van der Waals surface area contributed by atoms with Crippen LogP contribution in [0.4, 0.5) is 0 Å². The molecule has 0 aliphatic carbocycles. The summed E-state index contributed by atoms with van der Waals surface area (Å²) >= 11 is 1.27. The van der Waals surface area contributed by atoms with Crippen LogP contribution in [0.2, 0.25) is 0 Å². The van der Waals surface area contributed by atoms with Crippen molar-refractivity contribution in [2.24, 2.45) is 0 Å². The molecular formula is C25H33N3O5S. The molecule has 2 heterocycles. The SMILES string of the molecule is CCN(CC)CCCN1C(=O)C(O)=C(C(=O)c2sc(C)nc2C)[C@H]1c1ccc(OC)c(OC)c1. The number of carbonyl (C=O) groups excluding carboxylic acids is 2. The van der Waals surface area contributed by atoms with E-state index >= 15 is 0 Å². The van der Waals surface area contributed by atoms with Crippen LogP contribution in [0.15, 0.2) is 29.5 Å². The molecule has 1 aromatic heterocycles. The number of ketones is 1. The highest BCUT2D eigenvalue weighted by Crippen LogP contribution is 2.42. The first-order valence-electron chi connectivity index (χ1n) is 11.4. The second-order valence-electron chi connectivity index (χ2n) is 8.13. The molecule has 2 aromatic rings. The molecule has 0 bridgehead atoms. The third-order valence-electron chi connectivity index (χ3n) is 6.15. The van der Waals surface area contributed by atoms with Gasteiger partial charge in [0.2, 0.25) is 5.78 Å². The van der Waals surface area contributed by atoms with E-state index in [9.17, 15) is 14.7 Å². The Morgan fingerprint density at radius 1 is 1.18 bits per heavy atom. The van der Waals surface area contributed by atoms with Crippen molar-refractivity contribution in [2.75, 3.05) is 40.4 Å². The van der Waals surface area contributed by atoms with Crippen molar-refractivity contribution in [3.8, 4) is 11.5 Å². The van der Waals surface area contributed by atoms with Gasteiger partial charge >= 0.3 is 0 Å². The Balaban J connectivity index is 2.04. The zero-order chi connectivity index (χ0) is 25.0. The molecule has 1 aromatic carbocycles. The molecule has 1 aliphatic heterocycles. The van der Waals surface area contributed by atoms with Crippen LogP contribution in [-0.4, -0.2) is 72.0 Å². The average Bonchev–Trinajstić information content (AvgIpc) is 3.31. The number of aliphatic hydroxyl groups is 1. The summed E-state index contributed by atoms with van der Waals surface area (Å²) in [5.74, 6) is -0.392. The normalized spacial score (nSPS) is 16.0. The molecule has 1 N–H and O–H groups in total. The molecule has 9 heteroatoms. The van der Waals surface area contributed by atoms with Crippen LogP contribution >= 0.6 is 11.3 Å². The minimum atomic E-state index is -0.738. The van der Waals surface area contributed by atoms with Crippen LogP contribution in [0.3, 0.4) is 0 Å². The van der Waals surface area contributed by atoms with Crippen LogP contribution < -0.4 is 9.47 Å². The zero-order valence-corrected chi connectivity index (χ0v) is 21.5. The number of amides is 1. The van der Waals surface area contributed by atoms with Gasteiger partial charge in [-0.2, -0.15) is 0 Å². The predicted molar refractivity (Wildman–Crippen MR) is 132 cm³/mol. The lowest BCUT2D eigenvalue weighted by atomic mass is 9.94. The number of carbonyl (C=O) groups is 2. The first kappa shape index (κ1) is 25.7. The summed E-state index contributed by atoms with van der Waals surface area (Å²) in [6, 6.07) is 4.56. The highest BCUT2D eigenvalue weighted by molar-refractivity contribution is 7.14. The molecular weight excluding hydrogens is 454 g/mol. The fourth-order valence-corrected chi connectivity index (χ4v) is 5.23. The molecule has 1 atom stereocenters. The van der Waals surface area contributed by atoms with Crippen LogP contribution in [-0.2, 0) is 4.79 Å². The molecule has 1 aliphatic rings. The summed E-state index contributed by atoms with van der Waals surface area (Å²) < 4.78 is 10.8. The standard InChI is InChI=1S/C25H33N3O5S/c1-7-27(8-2)12-9-13-28-21(17-10-11-18(32-5)19(14-17)33-6)20(23(30)25(28)31)22(29)24-15(3)26-16(4)34-24/h10-11,14,21,30H,7-9,12-13H2,1-6H3/t21-/m1/s1. The Morgan fingerprint density at radius 3 is 2.41 bits per heavy atom. The van der Waals surface area contributed by atoms with E-state index in [2.05, 4.69) is 23.7 Å². The van der Waals surface area contributed by atoms with Crippen LogP contribution in [0.1, 0.15) is 52.2 Å². The quantitative estimate of drug-likeness (QED) is 0.477. The lowest BCUT2D eigenvalue weighted by Gasteiger charge is -2.28. The van der Waals surface area contributed by atoms with Gasteiger partial charge in [-0.05, 0) is 57.6 Å². The Morgan fingerprint density at radius 2 is 1.85 bits per heavy atom. The number of hydrogen-bond acceptors (Lipinski definition) is 8. The Kier molecular flexibility index (Phi) is 8.33. The molecule has 8 nitrogen and oxygen atoms in total. The fraction of sp³-hybridized carbons (Fsp3) is 0.480. The molecule has 34 heavy (non-hydrogen) atoms. The van der Waals surface area contributed by atoms with Gasteiger partial charge < -0.3 is 24.4 Å². The third kappa shape index (κ3) is 4.95. The fourth-order valence-electron chi connectivity index (χ4n) is 4.35. The minimum Gasteiger partial charge on any atom is -0.503 e. The number of aliphatic hydroxyl groups excluding tert-OH is 1. The second-order valence-corrected chi connectivity index (χ2v) is 9.34. The van der Waals surface area contributed by atoms with Crippen molar-refractivity contribution in [2.45, 2.75) is 40.2 Å². The van der Waals surface area contributed by atoms with E-state index in [1.807, 2.05) is 6.92 Å². The molecule has 0 saturated heterocycles. The largest absolute Gasteiger partial charge is 0.503 e. The highest BCUT2D eigenvalue weighted by atomic mass is 32.1. The number of benzene rings is 1. The van der Waals surface area contributed by atoms with Gasteiger partial charge in [0.15, 0.2) is 17.3 Å². The lowest BCUT2D eigenvalue weighted by molar-refractivity contribution is -0.129. The maximum Gasteiger partial charge on any atom is 0.290 e. The van der Waals surface area contributed by atoms with Crippen LogP contribution in [0.5, 0.6) is 11.5 Å². The third-order valence-corrected chi connectivity index (χ3v) is 7.22. The summed E-state index contributed by atoms with van der Waals surface area (Å²) in [6.07, 6.45) is 0.713. The van der Waals surface area contributed by atoms with Crippen molar-refractivity contribution in [3.05, 3.63) is 50.7 Å². The monoisotopic (exact) mass is 487 g/mol. The number of rotatable bonds is 11. The van der Waals surface area contributed by atoms with Crippen LogP contribution in [0.25, 0.3) is 0 Å². The van der Waals surface area contributed by atoms with E-state index in [1.54, 1.807) is 37.1 Å². The van der Waals surface area contributed by atoms with Crippen molar-refractivity contribution in [1.29, 1.82) is 0 Å².